The molecule has 1 aliphatic carbocycles. The monoisotopic (exact) mass is 223 g/mol. The van der Waals surface area contributed by atoms with Crippen LogP contribution in [0.15, 0.2) is 23.2 Å². The molecule has 0 heterocycles. The highest BCUT2D eigenvalue weighted by molar-refractivity contribution is 5.92. The third-order valence-corrected chi connectivity index (χ3v) is 2.29. The molecule has 3 N–H and O–H groups in total. The number of hydrogen-bond acceptors (Lipinski definition) is 2. The van der Waals surface area contributed by atoms with Gasteiger partial charge in [0.2, 0.25) is 0 Å². The molecule has 1 aromatic rings. The molecule has 0 saturated heterocycles. The Morgan fingerprint density at radius 1 is 1.56 bits per heavy atom. The molecule has 16 heavy (non-hydrogen) atoms. The summed E-state index contributed by atoms with van der Waals surface area (Å²) >= 11 is 0. The number of methoxy groups -OCH3 is 1. The van der Waals surface area contributed by atoms with Gasteiger partial charge in [-0.15, -0.1) is 0 Å². The SMILES string of the molecule is COc1ccc(NC(N)=NC2CC2)cc1F. The molecule has 4 nitrogen and oxygen atoms in total. The third-order valence-electron chi connectivity index (χ3n) is 2.29. The first-order valence-corrected chi connectivity index (χ1v) is 5.13. The average Bonchev–Trinajstić information content (AvgIpc) is 3.01. The second-order valence-electron chi connectivity index (χ2n) is 3.72. The Kier molecular flexibility index (Phi) is 2.94. The minimum atomic E-state index is -0.424. The van der Waals surface area contributed by atoms with Crippen LogP contribution in [0, 0.1) is 5.82 Å². The van der Waals surface area contributed by atoms with Gasteiger partial charge in [-0.05, 0) is 25.0 Å². The van der Waals surface area contributed by atoms with Crippen molar-refractivity contribution in [1.29, 1.82) is 0 Å². The number of rotatable bonds is 3. The van der Waals surface area contributed by atoms with Crippen molar-refractivity contribution in [2.45, 2.75) is 18.9 Å². The van der Waals surface area contributed by atoms with Crippen molar-refractivity contribution in [1.82, 2.24) is 0 Å². The minimum Gasteiger partial charge on any atom is -0.494 e. The summed E-state index contributed by atoms with van der Waals surface area (Å²) in [6, 6.07) is 4.91. The molecule has 1 aliphatic rings. The Morgan fingerprint density at radius 2 is 2.31 bits per heavy atom. The predicted octanol–water partition coefficient (Wildman–Crippen LogP) is 1.72. The summed E-state index contributed by atoms with van der Waals surface area (Å²) in [4.78, 5) is 4.19. The highest BCUT2D eigenvalue weighted by atomic mass is 19.1. The van der Waals surface area contributed by atoms with Crippen LogP contribution in [-0.4, -0.2) is 19.1 Å². The molecular weight excluding hydrogens is 209 g/mol. The molecule has 0 radical (unpaired) electrons. The number of nitrogens with one attached hydrogen (secondary N) is 1. The number of anilines is 1. The highest BCUT2D eigenvalue weighted by Crippen LogP contribution is 2.24. The van der Waals surface area contributed by atoms with Crippen LogP contribution in [0.2, 0.25) is 0 Å². The van der Waals surface area contributed by atoms with Gasteiger partial charge in [0.25, 0.3) is 0 Å². The fraction of sp³-hybridized carbons (Fsp3) is 0.364. The van der Waals surface area contributed by atoms with Gasteiger partial charge in [0.1, 0.15) is 0 Å². The number of halogens is 1. The van der Waals surface area contributed by atoms with Crippen molar-refractivity contribution < 1.29 is 9.13 Å². The predicted molar refractivity (Wildman–Crippen MR) is 61.2 cm³/mol. The van der Waals surface area contributed by atoms with Crippen LogP contribution in [0.3, 0.4) is 0 Å². The zero-order valence-electron chi connectivity index (χ0n) is 9.03. The van der Waals surface area contributed by atoms with Crippen molar-refractivity contribution in [2.24, 2.45) is 10.7 Å². The lowest BCUT2D eigenvalue weighted by molar-refractivity contribution is 0.387. The Balaban J connectivity index is 2.06. The third kappa shape index (κ3) is 2.62. The van der Waals surface area contributed by atoms with E-state index in [2.05, 4.69) is 10.3 Å². The Bertz CT molecular complexity index is 416. The summed E-state index contributed by atoms with van der Waals surface area (Å²) in [5.74, 6) is 0.113. The molecule has 0 unspecified atom stereocenters. The van der Waals surface area contributed by atoms with E-state index in [0.29, 0.717) is 17.7 Å². The normalized spacial score (nSPS) is 16.0. The van der Waals surface area contributed by atoms with Crippen molar-refractivity contribution in [2.75, 3.05) is 12.4 Å². The van der Waals surface area contributed by atoms with Gasteiger partial charge in [0.05, 0.1) is 13.2 Å². The molecule has 0 bridgehead atoms. The number of guanidine groups is 1. The summed E-state index contributed by atoms with van der Waals surface area (Å²) in [5.41, 5.74) is 6.22. The van der Waals surface area contributed by atoms with E-state index in [-0.39, 0.29) is 5.75 Å². The van der Waals surface area contributed by atoms with Crippen molar-refractivity contribution >= 4 is 11.6 Å². The maximum absolute atomic E-state index is 13.3. The summed E-state index contributed by atoms with van der Waals surface area (Å²) in [7, 11) is 1.43. The molecule has 0 atom stereocenters. The van der Waals surface area contributed by atoms with Gasteiger partial charge < -0.3 is 15.8 Å². The van der Waals surface area contributed by atoms with Crippen LogP contribution in [0.25, 0.3) is 0 Å². The molecule has 0 amide bonds. The fourth-order valence-corrected chi connectivity index (χ4v) is 1.32. The number of aliphatic imine (C=N–C) groups is 1. The fourth-order valence-electron chi connectivity index (χ4n) is 1.32. The van der Waals surface area contributed by atoms with E-state index in [4.69, 9.17) is 10.5 Å². The molecule has 1 fully saturated rings. The molecule has 0 aliphatic heterocycles. The summed E-state index contributed by atoms with van der Waals surface area (Å²) < 4.78 is 18.1. The summed E-state index contributed by atoms with van der Waals surface area (Å²) in [5, 5.41) is 2.84. The van der Waals surface area contributed by atoms with Crippen LogP contribution in [-0.2, 0) is 0 Å². The standard InChI is InChI=1S/C11H14FN3O/c1-16-10-5-4-8(6-9(10)12)15-11(13)14-7-2-3-7/h4-7H,2-3H2,1H3,(H3,13,14,15). The number of benzene rings is 1. The second-order valence-corrected chi connectivity index (χ2v) is 3.72. The lowest BCUT2D eigenvalue weighted by Crippen LogP contribution is -2.23. The zero-order valence-corrected chi connectivity index (χ0v) is 9.03. The first-order chi connectivity index (χ1) is 7.69. The molecule has 2 rings (SSSR count). The first kappa shape index (κ1) is 10.7. The first-order valence-electron chi connectivity index (χ1n) is 5.13. The van der Waals surface area contributed by atoms with E-state index >= 15 is 0 Å². The van der Waals surface area contributed by atoms with E-state index in [9.17, 15) is 4.39 Å². The zero-order chi connectivity index (χ0) is 11.5. The van der Waals surface area contributed by atoms with E-state index in [1.165, 1.54) is 13.2 Å². The maximum atomic E-state index is 13.3. The van der Waals surface area contributed by atoms with E-state index in [1.54, 1.807) is 12.1 Å². The number of ether oxygens (including phenoxy) is 1. The number of hydrogen-bond donors (Lipinski definition) is 2. The van der Waals surface area contributed by atoms with Crippen LogP contribution < -0.4 is 15.8 Å². The molecule has 0 aromatic heterocycles. The summed E-state index contributed by atoms with van der Waals surface area (Å²) in [6.07, 6.45) is 2.17. The second kappa shape index (κ2) is 4.38. The van der Waals surface area contributed by atoms with Gasteiger partial charge in [-0.1, -0.05) is 0 Å². The molecule has 1 aromatic carbocycles. The average molecular weight is 223 g/mol. The van der Waals surface area contributed by atoms with Gasteiger partial charge in [-0.3, -0.25) is 0 Å². The highest BCUT2D eigenvalue weighted by Gasteiger charge is 2.20. The van der Waals surface area contributed by atoms with E-state index in [0.717, 1.165) is 12.8 Å². The molecular formula is C11H14FN3O. The lowest BCUT2D eigenvalue weighted by Gasteiger charge is -2.07. The van der Waals surface area contributed by atoms with Crippen molar-refractivity contribution in [3.8, 4) is 5.75 Å². The molecule has 1 saturated carbocycles. The van der Waals surface area contributed by atoms with Gasteiger partial charge >= 0.3 is 0 Å². The van der Waals surface area contributed by atoms with Gasteiger partial charge in [0.15, 0.2) is 17.5 Å². The van der Waals surface area contributed by atoms with Crippen LogP contribution in [0.1, 0.15) is 12.8 Å². The summed E-state index contributed by atoms with van der Waals surface area (Å²) in [6.45, 7) is 0. The van der Waals surface area contributed by atoms with Crippen LogP contribution in [0.4, 0.5) is 10.1 Å². The van der Waals surface area contributed by atoms with Gasteiger partial charge in [0, 0.05) is 11.8 Å². The molecule has 0 spiro atoms. The Morgan fingerprint density at radius 3 is 2.88 bits per heavy atom. The van der Waals surface area contributed by atoms with Crippen LogP contribution in [0.5, 0.6) is 5.75 Å². The number of nitrogens with two attached hydrogens (primary N) is 1. The van der Waals surface area contributed by atoms with Crippen LogP contribution >= 0.6 is 0 Å². The molecule has 86 valence electrons. The quantitative estimate of drug-likeness (QED) is 0.606. The number of nitrogens with zero attached hydrogens (tertiary/aromatic N) is 1. The smallest absolute Gasteiger partial charge is 0.193 e. The van der Waals surface area contributed by atoms with E-state index in [1.807, 2.05) is 0 Å². The van der Waals surface area contributed by atoms with Crippen molar-refractivity contribution in [3.63, 3.8) is 0 Å². The Hall–Kier alpha value is -1.78. The molecule has 5 heteroatoms. The van der Waals surface area contributed by atoms with Gasteiger partial charge in [-0.25, -0.2) is 9.38 Å². The topological polar surface area (TPSA) is 59.6 Å². The Labute approximate surface area is 93.3 Å². The van der Waals surface area contributed by atoms with E-state index < -0.39 is 5.82 Å². The maximum Gasteiger partial charge on any atom is 0.193 e. The van der Waals surface area contributed by atoms with Crippen molar-refractivity contribution in [3.05, 3.63) is 24.0 Å². The minimum absolute atomic E-state index is 0.211. The lowest BCUT2D eigenvalue weighted by atomic mass is 10.3. The largest absolute Gasteiger partial charge is 0.494 e. The van der Waals surface area contributed by atoms with Gasteiger partial charge in [-0.2, -0.15) is 0 Å².